The van der Waals surface area contributed by atoms with Crippen LogP contribution in [0.2, 0.25) is 0 Å². The summed E-state index contributed by atoms with van der Waals surface area (Å²) in [5.41, 5.74) is 1.88. The van der Waals surface area contributed by atoms with Gasteiger partial charge in [-0.25, -0.2) is 0 Å². The van der Waals surface area contributed by atoms with Gasteiger partial charge in [0.15, 0.2) is 5.78 Å². The Hall–Kier alpha value is -0.890. The third-order valence-corrected chi connectivity index (χ3v) is 8.56. The molecule has 0 bridgehead atoms. The molecule has 4 aliphatic rings. The van der Waals surface area contributed by atoms with Crippen molar-refractivity contribution in [3.8, 4) is 0 Å². The van der Waals surface area contributed by atoms with Crippen molar-refractivity contribution in [3.05, 3.63) is 23.8 Å². The molecular formula is C22H32O2. The van der Waals surface area contributed by atoms with Gasteiger partial charge < -0.3 is 5.11 Å². The van der Waals surface area contributed by atoms with Crippen LogP contribution in [-0.2, 0) is 4.79 Å². The van der Waals surface area contributed by atoms with E-state index in [1.54, 1.807) is 0 Å². The van der Waals surface area contributed by atoms with Crippen molar-refractivity contribution in [2.45, 2.75) is 59.3 Å². The second kappa shape index (κ2) is 5.56. The van der Waals surface area contributed by atoms with Crippen molar-refractivity contribution in [2.24, 2.45) is 40.4 Å². The molecule has 0 aliphatic heterocycles. The highest BCUT2D eigenvalue weighted by molar-refractivity contribution is 5.92. The van der Waals surface area contributed by atoms with Crippen molar-refractivity contribution in [3.63, 3.8) is 0 Å². The molecule has 0 aromatic rings. The summed E-state index contributed by atoms with van der Waals surface area (Å²) in [7, 11) is 0. The van der Waals surface area contributed by atoms with E-state index in [9.17, 15) is 9.90 Å². The molecule has 2 nitrogen and oxygen atoms in total. The van der Waals surface area contributed by atoms with E-state index in [0.717, 1.165) is 18.8 Å². The van der Waals surface area contributed by atoms with Crippen molar-refractivity contribution in [1.29, 1.82) is 0 Å². The first-order chi connectivity index (χ1) is 11.4. The van der Waals surface area contributed by atoms with Gasteiger partial charge in [0.1, 0.15) is 0 Å². The third kappa shape index (κ3) is 2.14. The zero-order valence-corrected chi connectivity index (χ0v) is 15.4. The molecule has 24 heavy (non-hydrogen) atoms. The molecule has 7 atom stereocenters. The fourth-order valence-electron chi connectivity index (χ4n) is 7.10. The van der Waals surface area contributed by atoms with E-state index in [4.69, 9.17) is 0 Å². The average molecular weight is 328 g/mol. The first-order valence-corrected chi connectivity index (χ1v) is 9.94. The number of carbonyl (C=O) groups excluding carboxylic acids is 1. The second-order valence-electron chi connectivity index (χ2n) is 9.52. The molecule has 2 fully saturated rings. The number of ketones is 1. The average Bonchev–Trinajstić information content (AvgIpc) is 2.92. The van der Waals surface area contributed by atoms with E-state index >= 15 is 0 Å². The van der Waals surface area contributed by atoms with Crippen LogP contribution >= 0.6 is 0 Å². The number of aliphatic hydroxyl groups is 1. The lowest BCUT2D eigenvalue weighted by Crippen LogP contribution is -2.49. The SMILES string of the molecule is CC(CO)[C@H]1CC[C@H]2[C@@H]3C=CC4=CC(=O)CC[C@]4(C)[C@H]3CC[C@]12C. The summed E-state index contributed by atoms with van der Waals surface area (Å²) in [6.45, 7) is 7.47. The smallest absolute Gasteiger partial charge is 0.156 e. The third-order valence-electron chi connectivity index (χ3n) is 8.56. The second-order valence-corrected chi connectivity index (χ2v) is 9.52. The van der Waals surface area contributed by atoms with Gasteiger partial charge >= 0.3 is 0 Å². The summed E-state index contributed by atoms with van der Waals surface area (Å²) in [4.78, 5) is 11.9. The van der Waals surface area contributed by atoms with Crippen molar-refractivity contribution in [1.82, 2.24) is 0 Å². The van der Waals surface area contributed by atoms with Gasteiger partial charge in [-0.2, -0.15) is 0 Å². The highest BCUT2D eigenvalue weighted by atomic mass is 16.3. The minimum atomic E-state index is 0.204. The highest BCUT2D eigenvalue weighted by Crippen LogP contribution is 2.66. The maximum Gasteiger partial charge on any atom is 0.156 e. The Morgan fingerprint density at radius 2 is 2.00 bits per heavy atom. The molecule has 4 aliphatic carbocycles. The Morgan fingerprint density at radius 1 is 1.21 bits per heavy atom. The Morgan fingerprint density at radius 3 is 2.75 bits per heavy atom. The van der Waals surface area contributed by atoms with E-state index in [0.29, 0.717) is 41.5 Å². The van der Waals surface area contributed by atoms with Gasteiger partial charge in [0.05, 0.1) is 0 Å². The molecule has 0 amide bonds. The van der Waals surface area contributed by atoms with Crippen LogP contribution in [0.15, 0.2) is 23.8 Å². The molecule has 2 heteroatoms. The van der Waals surface area contributed by atoms with E-state index in [1.165, 1.54) is 31.3 Å². The molecule has 0 saturated heterocycles. The largest absolute Gasteiger partial charge is 0.396 e. The van der Waals surface area contributed by atoms with E-state index in [-0.39, 0.29) is 5.41 Å². The monoisotopic (exact) mass is 328 g/mol. The molecule has 2 saturated carbocycles. The number of allylic oxidation sites excluding steroid dienone is 4. The lowest BCUT2D eigenvalue weighted by molar-refractivity contribution is -0.116. The van der Waals surface area contributed by atoms with Gasteiger partial charge in [0.2, 0.25) is 0 Å². The van der Waals surface area contributed by atoms with Crippen LogP contribution < -0.4 is 0 Å². The van der Waals surface area contributed by atoms with Crippen molar-refractivity contribution < 1.29 is 9.90 Å². The van der Waals surface area contributed by atoms with Gasteiger partial charge in [0, 0.05) is 13.0 Å². The number of carbonyl (C=O) groups is 1. The van der Waals surface area contributed by atoms with Crippen LogP contribution in [0, 0.1) is 40.4 Å². The number of rotatable bonds is 2. The Kier molecular flexibility index (Phi) is 3.84. The Balaban J connectivity index is 1.68. The van der Waals surface area contributed by atoms with Crippen molar-refractivity contribution in [2.75, 3.05) is 6.61 Å². The minimum Gasteiger partial charge on any atom is -0.396 e. The van der Waals surface area contributed by atoms with E-state index < -0.39 is 0 Å². The molecule has 0 heterocycles. The molecule has 0 aromatic carbocycles. The predicted octanol–water partition coefficient (Wildman–Crippen LogP) is 4.54. The number of hydrogen-bond donors (Lipinski definition) is 1. The zero-order chi connectivity index (χ0) is 17.1. The molecular weight excluding hydrogens is 296 g/mol. The predicted molar refractivity (Wildman–Crippen MR) is 96.4 cm³/mol. The summed E-state index contributed by atoms with van der Waals surface area (Å²) in [5.74, 6) is 3.51. The van der Waals surface area contributed by atoms with Gasteiger partial charge in [-0.15, -0.1) is 0 Å². The summed E-state index contributed by atoms with van der Waals surface area (Å²) < 4.78 is 0. The van der Waals surface area contributed by atoms with Crippen LogP contribution in [0.3, 0.4) is 0 Å². The van der Waals surface area contributed by atoms with E-state index in [2.05, 4.69) is 32.9 Å². The normalized spacial score (nSPS) is 48.3. The van der Waals surface area contributed by atoms with Crippen LogP contribution in [0.4, 0.5) is 0 Å². The zero-order valence-electron chi connectivity index (χ0n) is 15.4. The van der Waals surface area contributed by atoms with E-state index in [1.807, 2.05) is 6.08 Å². The fraction of sp³-hybridized carbons (Fsp3) is 0.773. The molecule has 0 spiro atoms. The first-order valence-electron chi connectivity index (χ1n) is 9.94. The van der Waals surface area contributed by atoms with Crippen LogP contribution in [0.5, 0.6) is 0 Å². The Bertz CT molecular complexity index is 603. The molecule has 0 radical (unpaired) electrons. The van der Waals surface area contributed by atoms with Gasteiger partial charge in [-0.1, -0.05) is 32.9 Å². The standard InChI is InChI=1S/C22H32O2/c1-14(13-23)18-6-7-19-17-5-4-15-12-16(24)8-10-21(15,2)20(17)9-11-22(18,19)3/h4-5,12,14,17-20,23H,6-11,13H2,1-3H3/t14?,17-,18+,19-,20-,21-,22+/m0/s1. The number of hydrogen-bond acceptors (Lipinski definition) is 2. The maximum atomic E-state index is 11.9. The summed E-state index contributed by atoms with van der Waals surface area (Å²) in [6, 6.07) is 0. The van der Waals surface area contributed by atoms with Crippen LogP contribution in [-0.4, -0.2) is 17.5 Å². The fourth-order valence-corrected chi connectivity index (χ4v) is 7.10. The number of fused-ring (bicyclic) bond motifs is 5. The van der Waals surface area contributed by atoms with Crippen LogP contribution in [0.1, 0.15) is 59.3 Å². The summed E-state index contributed by atoms with van der Waals surface area (Å²) >= 11 is 0. The quantitative estimate of drug-likeness (QED) is 0.808. The van der Waals surface area contributed by atoms with Crippen LogP contribution in [0.25, 0.3) is 0 Å². The molecule has 1 N–H and O–H groups in total. The molecule has 0 aromatic heterocycles. The van der Waals surface area contributed by atoms with Crippen molar-refractivity contribution >= 4 is 5.78 Å². The summed E-state index contributed by atoms with van der Waals surface area (Å²) in [6.07, 6.45) is 13.6. The molecule has 1 unspecified atom stereocenters. The Labute approximate surface area is 146 Å². The summed E-state index contributed by atoms with van der Waals surface area (Å²) in [5, 5.41) is 9.70. The molecule has 4 rings (SSSR count). The topological polar surface area (TPSA) is 37.3 Å². The highest BCUT2D eigenvalue weighted by Gasteiger charge is 2.58. The van der Waals surface area contributed by atoms with Gasteiger partial charge in [-0.05, 0) is 84.2 Å². The first kappa shape index (κ1) is 16.6. The molecule has 132 valence electrons. The van der Waals surface area contributed by atoms with Gasteiger partial charge in [0.25, 0.3) is 0 Å². The minimum absolute atomic E-state index is 0.204. The lowest BCUT2D eigenvalue weighted by Gasteiger charge is -2.56. The van der Waals surface area contributed by atoms with Gasteiger partial charge in [-0.3, -0.25) is 4.79 Å². The lowest BCUT2D eigenvalue weighted by atomic mass is 9.48. The number of aliphatic hydroxyl groups excluding tert-OH is 1. The maximum absolute atomic E-state index is 11.9.